The van der Waals surface area contributed by atoms with Gasteiger partial charge in [0, 0.05) is 13.1 Å². The number of carboxylic acid groups (broad SMARTS) is 1. The number of alkyl halides is 3. The molecule has 0 saturated carbocycles. The molecule has 1 aliphatic rings. The largest absolute Gasteiger partial charge is 0.481 e. The zero-order valence-electron chi connectivity index (χ0n) is 11.6. The summed E-state index contributed by atoms with van der Waals surface area (Å²) in [7, 11) is 0. The Morgan fingerprint density at radius 2 is 2.10 bits per heavy atom. The van der Waals surface area contributed by atoms with Crippen molar-refractivity contribution in [1.82, 2.24) is 4.90 Å². The fourth-order valence-electron chi connectivity index (χ4n) is 2.22. The predicted octanol–water partition coefficient (Wildman–Crippen LogP) is 1.69. The monoisotopic (exact) mass is 309 g/mol. The molecule has 0 radical (unpaired) electrons. The van der Waals surface area contributed by atoms with E-state index in [1.54, 1.807) is 6.08 Å². The average Bonchev–Trinajstić information content (AvgIpc) is 2.83. The molecule has 1 fully saturated rings. The lowest BCUT2D eigenvalue weighted by atomic mass is 9.96. The molecule has 0 aliphatic carbocycles. The minimum atomic E-state index is -4.65. The Kier molecular flexibility index (Phi) is 5.77. The van der Waals surface area contributed by atoms with Crippen LogP contribution in [0.4, 0.5) is 13.2 Å². The van der Waals surface area contributed by atoms with Crippen LogP contribution in [0.1, 0.15) is 13.3 Å². The van der Waals surface area contributed by atoms with Gasteiger partial charge in [-0.2, -0.15) is 13.2 Å². The van der Waals surface area contributed by atoms with E-state index in [0.29, 0.717) is 6.42 Å². The molecule has 0 aromatic carbocycles. The minimum absolute atomic E-state index is 0.231. The number of hydrogen-bond donors (Lipinski definition) is 1. The van der Waals surface area contributed by atoms with Gasteiger partial charge >= 0.3 is 12.1 Å². The van der Waals surface area contributed by atoms with Crippen LogP contribution in [0.3, 0.4) is 0 Å². The van der Waals surface area contributed by atoms with E-state index in [1.165, 1.54) is 6.92 Å². The number of carbonyl (C=O) groups excluding carboxylic acids is 1. The number of carbonyl (C=O) groups is 2. The zero-order valence-corrected chi connectivity index (χ0v) is 11.6. The molecule has 1 N–H and O–H groups in total. The van der Waals surface area contributed by atoms with Gasteiger partial charge in [0.25, 0.3) is 5.91 Å². The van der Waals surface area contributed by atoms with Crippen molar-refractivity contribution in [3.05, 3.63) is 12.7 Å². The third-order valence-corrected chi connectivity index (χ3v) is 3.41. The Hall–Kier alpha value is -1.57. The van der Waals surface area contributed by atoms with E-state index in [9.17, 15) is 22.8 Å². The molecule has 1 heterocycles. The first kappa shape index (κ1) is 17.5. The van der Waals surface area contributed by atoms with Gasteiger partial charge in [0.15, 0.2) is 0 Å². The summed E-state index contributed by atoms with van der Waals surface area (Å²) >= 11 is 0. The summed E-state index contributed by atoms with van der Waals surface area (Å²) in [5, 5.41) is 8.88. The van der Waals surface area contributed by atoms with E-state index in [2.05, 4.69) is 6.58 Å². The minimum Gasteiger partial charge on any atom is -0.481 e. The molecule has 5 nitrogen and oxygen atoms in total. The molecule has 1 unspecified atom stereocenters. The second-order valence-electron chi connectivity index (χ2n) is 4.93. The SMILES string of the molecule is C=CCCOC(C)C(=O)N1C[C@@H](C(F)(F)F)[C@H](C(=O)O)C1. The summed E-state index contributed by atoms with van der Waals surface area (Å²) in [4.78, 5) is 23.8. The molecule has 1 aliphatic heterocycles. The molecule has 0 aromatic rings. The van der Waals surface area contributed by atoms with Crippen LogP contribution in [0.15, 0.2) is 12.7 Å². The van der Waals surface area contributed by atoms with Crippen molar-refractivity contribution in [3.8, 4) is 0 Å². The summed E-state index contributed by atoms with van der Waals surface area (Å²) in [5.41, 5.74) is 0. The van der Waals surface area contributed by atoms with Crippen LogP contribution in [0.25, 0.3) is 0 Å². The van der Waals surface area contributed by atoms with Crippen LogP contribution in [-0.4, -0.2) is 53.9 Å². The van der Waals surface area contributed by atoms with Crippen LogP contribution in [-0.2, 0) is 14.3 Å². The highest BCUT2D eigenvalue weighted by Gasteiger charge is 2.53. The highest BCUT2D eigenvalue weighted by atomic mass is 19.4. The molecular formula is C13H18F3NO4. The predicted molar refractivity (Wildman–Crippen MR) is 67.5 cm³/mol. The summed E-state index contributed by atoms with van der Waals surface area (Å²) < 4.78 is 43.6. The number of rotatable bonds is 6. The van der Waals surface area contributed by atoms with E-state index >= 15 is 0 Å². The lowest BCUT2D eigenvalue weighted by Crippen LogP contribution is -2.38. The second-order valence-corrected chi connectivity index (χ2v) is 4.93. The van der Waals surface area contributed by atoms with Gasteiger partial charge in [0.05, 0.1) is 18.4 Å². The van der Waals surface area contributed by atoms with Gasteiger partial charge < -0.3 is 14.7 Å². The van der Waals surface area contributed by atoms with E-state index < -0.39 is 49.1 Å². The van der Waals surface area contributed by atoms with Crippen molar-refractivity contribution in [2.45, 2.75) is 25.6 Å². The standard InChI is InChI=1S/C13H18F3NO4/c1-3-4-5-21-8(2)11(18)17-6-9(12(19)20)10(7-17)13(14,15)16/h3,8-10H,1,4-7H2,2H3,(H,19,20)/t8?,9-,10-/m1/s1. The summed E-state index contributed by atoms with van der Waals surface area (Å²) in [6.45, 7) is 4.05. The number of aliphatic carboxylic acids is 1. The summed E-state index contributed by atoms with van der Waals surface area (Å²) in [6.07, 6.45) is -3.45. The molecule has 1 amide bonds. The van der Waals surface area contributed by atoms with Gasteiger partial charge in [0.2, 0.25) is 0 Å². The van der Waals surface area contributed by atoms with Crippen molar-refractivity contribution in [2.24, 2.45) is 11.8 Å². The molecule has 0 spiro atoms. The Balaban J connectivity index is 2.70. The van der Waals surface area contributed by atoms with E-state index in [0.717, 1.165) is 4.90 Å². The second kappa shape index (κ2) is 6.93. The van der Waals surface area contributed by atoms with Gasteiger partial charge in [-0.1, -0.05) is 6.08 Å². The lowest BCUT2D eigenvalue weighted by molar-refractivity contribution is -0.188. The molecule has 1 saturated heterocycles. The van der Waals surface area contributed by atoms with Crippen molar-refractivity contribution < 1.29 is 32.6 Å². The molecule has 21 heavy (non-hydrogen) atoms. The third kappa shape index (κ3) is 4.45. The van der Waals surface area contributed by atoms with Crippen molar-refractivity contribution in [1.29, 1.82) is 0 Å². The van der Waals surface area contributed by atoms with Crippen LogP contribution in [0.5, 0.6) is 0 Å². The molecular weight excluding hydrogens is 291 g/mol. The number of likely N-dealkylation sites (tertiary alicyclic amines) is 1. The Morgan fingerprint density at radius 1 is 1.48 bits per heavy atom. The van der Waals surface area contributed by atoms with Crippen LogP contribution in [0, 0.1) is 11.8 Å². The number of ether oxygens (including phenoxy) is 1. The summed E-state index contributed by atoms with van der Waals surface area (Å²) in [5.74, 6) is -5.85. The maximum Gasteiger partial charge on any atom is 0.394 e. The highest BCUT2D eigenvalue weighted by molar-refractivity contribution is 5.82. The topological polar surface area (TPSA) is 66.8 Å². The smallest absolute Gasteiger partial charge is 0.394 e. The van der Waals surface area contributed by atoms with Crippen LogP contribution < -0.4 is 0 Å². The molecule has 0 bridgehead atoms. The van der Waals surface area contributed by atoms with Gasteiger partial charge in [-0.15, -0.1) is 6.58 Å². The molecule has 8 heteroatoms. The van der Waals surface area contributed by atoms with Gasteiger partial charge in [-0.25, -0.2) is 0 Å². The first-order valence-corrected chi connectivity index (χ1v) is 6.49. The van der Waals surface area contributed by atoms with E-state index in [1.807, 2.05) is 0 Å². The Bertz CT molecular complexity index is 411. The maximum absolute atomic E-state index is 12.8. The quantitative estimate of drug-likeness (QED) is 0.599. The van der Waals surface area contributed by atoms with Crippen molar-refractivity contribution >= 4 is 11.9 Å². The normalized spacial score (nSPS) is 23.9. The number of nitrogens with zero attached hydrogens (tertiary/aromatic N) is 1. The maximum atomic E-state index is 12.8. The highest BCUT2D eigenvalue weighted by Crippen LogP contribution is 2.37. The summed E-state index contributed by atoms with van der Waals surface area (Å²) in [6, 6.07) is 0. The fourth-order valence-corrected chi connectivity index (χ4v) is 2.22. The number of hydrogen-bond acceptors (Lipinski definition) is 3. The van der Waals surface area contributed by atoms with E-state index in [-0.39, 0.29) is 6.61 Å². The van der Waals surface area contributed by atoms with Crippen molar-refractivity contribution in [2.75, 3.05) is 19.7 Å². The number of halogens is 3. The lowest BCUT2D eigenvalue weighted by Gasteiger charge is -2.21. The van der Waals surface area contributed by atoms with Gasteiger partial charge in [0.1, 0.15) is 6.10 Å². The molecule has 120 valence electrons. The van der Waals surface area contributed by atoms with Crippen LogP contribution in [0.2, 0.25) is 0 Å². The molecule has 3 atom stereocenters. The van der Waals surface area contributed by atoms with Crippen molar-refractivity contribution in [3.63, 3.8) is 0 Å². The first-order chi connectivity index (χ1) is 9.68. The van der Waals surface area contributed by atoms with Crippen LogP contribution >= 0.6 is 0 Å². The fraction of sp³-hybridized carbons (Fsp3) is 0.692. The average molecular weight is 309 g/mol. The third-order valence-electron chi connectivity index (χ3n) is 3.41. The Morgan fingerprint density at radius 3 is 2.52 bits per heavy atom. The van der Waals surface area contributed by atoms with Gasteiger partial charge in [-0.05, 0) is 13.3 Å². The molecule has 1 rings (SSSR count). The zero-order chi connectivity index (χ0) is 16.2. The molecule has 0 aromatic heterocycles. The van der Waals surface area contributed by atoms with Gasteiger partial charge in [-0.3, -0.25) is 9.59 Å². The first-order valence-electron chi connectivity index (χ1n) is 6.49. The Labute approximate surface area is 120 Å². The van der Waals surface area contributed by atoms with E-state index in [4.69, 9.17) is 9.84 Å². The number of carboxylic acids is 1. The number of amides is 1.